The molecule has 0 aliphatic rings. The first-order valence-electron chi connectivity index (χ1n) is 5.78. The van der Waals surface area contributed by atoms with Gasteiger partial charge in [0.25, 0.3) is 0 Å². The summed E-state index contributed by atoms with van der Waals surface area (Å²) < 4.78 is 5.32. The molecule has 0 aliphatic heterocycles. The van der Waals surface area contributed by atoms with Crippen LogP contribution in [0.3, 0.4) is 0 Å². The third kappa shape index (κ3) is 3.29. The summed E-state index contributed by atoms with van der Waals surface area (Å²) in [6.45, 7) is 5.42. The van der Waals surface area contributed by atoms with Crippen molar-refractivity contribution in [2.75, 3.05) is 5.73 Å². The fraction of sp³-hybridized carbons (Fsp3) is 0.308. The Bertz CT molecular complexity index is 588. The molecule has 19 heavy (non-hydrogen) atoms. The van der Waals surface area contributed by atoms with Gasteiger partial charge in [-0.1, -0.05) is 17.4 Å². The molecular formula is C13H15N3O2S. The van der Waals surface area contributed by atoms with E-state index in [1.54, 1.807) is 39.1 Å². The smallest absolute Gasteiger partial charge is 0.359 e. The van der Waals surface area contributed by atoms with Crippen molar-refractivity contribution in [3.8, 4) is 10.6 Å². The summed E-state index contributed by atoms with van der Waals surface area (Å²) in [5, 5.41) is 0.321. The minimum atomic E-state index is -0.573. The Kier molecular flexibility index (Phi) is 3.53. The quantitative estimate of drug-likeness (QED) is 0.854. The number of nitrogens with zero attached hydrogens (tertiary/aromatic N) is 2. The van der Waals surface area contributed by atoms with Crippen LogP contribution in [0.2, 0.25) is 0 Å². The van der Waals surface area contributed by atoms with Crippen LogP contribution >= 0.6 is 11.3 Å². The van der Waals surface area contributed by atoms with Gasteiger partial charge in [-0.2, -0.15) is 0 Å². The molecule has 100 valence electrons. The number of nitrogens with two attached hydrogens (primary N) is 1. The Morgan fingerprint density at radius 1 is 1.37 bits per heavy atom. The van der Waals surface area contributed by atoms with Gasteiger partial charge in [-0.15, -0.1) is 0 Å². The van der Waals surface area contributed by atoms with Crippen LogP contribution < -0.4 is 5.73 Å². The van der Waals surface area contributed by atoms with Crippen LogP contribution in [-0.2, 0) is 4.74 Å². The van der Waals surface area contributed by atoms with Crippen molar-refractivity contribution in [2.45, 2.75) is 26.4 Å². The first kappa shape index (κ1) is 13.5. The predicted molar refractivity (Wildman–Crippen MR) is 74.9 cm³/mol. The van der Waals surface area contributed by atoms with Gasteiger partial charge in [-0.25, -0.2) is 9.78 Å². The third-order valence-electron chi connectivity index (χ3n) is 2.13. The molecule has 0 bridgehead atoms. The van der Waals surface area contributed by atoms with Crippen molar-refractivity contribution in [3.05, 3.63) is 30.1 Å². The van der Waals surface area contributed by atoms with Crippen molar-refractivity contribution in [1.82, 2.24) is 9.97 Å². The average molecular weight is 277 g/mol. The van der Waals surface area contributed by atoms with Crippen molar-refractivity contribution in [1.29, 1.82) is 0 Å². The second-order valence-corrected chi connectivity index (χ2v) is 5.98. The maximum atomic E-state index is 12.1. The number of hydrogen-bond acceptors (Lipinski definition) is 6. The number of pyridine rings is 1. The van der Waals surface area contributed by atoms with Crippen LogP contribution in [0.25, 0.3) is 10.6 Å². The fourth-order valence-electron chi connectivity index (χ4n) is 1.47. The van der Waals surface area contributed by atoms with E-state index in [2.05, 4.69) is 9.97 Å². The van der Waals surface area contributed by atoms with Gasteiger partial charge in [0.2, 0.25) is 0 Å². The van der Waals surface area contributed by atoms with E-state index in [0.29, 0.717) is 15.7 Å². The molecule has 0 fully saturated rings. The molecule has 0 saturated carbocycles. The van der Waals surface area contributed by atoms with Crippen molar-refractivity contribution in [3.63, 3.8) is 0 Å². The number of esters is 1. The molecule has 5 nitrogen and oxygen atoms in total. The van der Waals surface area contributed by atoms with Gasteiger partial charge < -0.3 is 10.5 Å². The Balaban J connectivity index is 2.40. The average Bonchev–Trinajstić information content (AvgIpc) is 2.70. The predicted octanol–water partition coefficient (Wildman–Crippen LogP) is 2.74. The van der Waals surface area contributed by atoms with Gasteiger partial charge in [0.05, 0.1) is 10.6 Å². The Hall–Kier alpha value is -1.95. The van der Waals surface area contributed by atoms with E-state index >= 15 is 0 Å². The van der Waals surface area contributed by atoms with E-state index in [1.165, 1.54) is 11.3 Å². The number of carbonyl (C=O) groups is 1. The van der Waals surface area contributed by atoms with Crippen LogP contribution in [0.4, 0.5) is 5.13 Å². The van der Waals surface area contributed by atoms with Gasteiger partial charge in [0, 0.05) is 6.20 Å². The number of nitrogen functional groups attached to an aromatic ring is 1. The summed E-state index contributed by atoms with van der Waals surface area (Å²) in [4.78, 5) is 21.0. The van der Waals surface area contributed by atoms with Gasteiger partial charge in [-0.3, -0.25) is 4.98 Å². The highest BCUT2D eigenvalue weighted by Crippen LogP contribution is 2.31. The lowest BCUT2D eigenvalue weighted by Crippen LogP contribution is -2.24. The monoisotopic (exact) mass is 277 g/mol. The van der Waals surface area contributed by atoms with E-state index in [1.807, 2.05) is 6.07 Å². The molecule has 0 saturated heterocycles. The lowest BCUT2D eigenvalue weighted by molar-refractivity contribution is 0.00647. The lowest BCUT2D eigenvalue weighted by atomic mass is 10.2. The normalized spacial score (nSPS) is 11.3. The maximum Gasteiger partial charge on any atom is 0.359 e. The van der Waals surface area contributed by atoms with Crippen molar-refractivity contribution >= 4 is 22.4 Å². The Morgan fingerprint density at radius 2 is 2.11 bits per heavy atom. The van der Waals surface area contributed by atoms with Gasteiger partial charge >= 0.3 is 5.97 Å². The van der Waals surface area contributed by atoms with Gasteiger partial charge in [-0.05, 0) is 32.9 Å². The fourth-order valence-corrected chi connectivity index (χ4v) is 2.27. The van der Waals surface area contributed by atoms with E-state index in [9.17, 15) is 4.79 Å². The lowest BCUT2D eigenvalue weighted by Gasteiger charge is -2.18. The summed E-state index contributed by atoms with van der Waals surface area (Å²) in [6, 6.07) is 5.46. The molecule has 2 N–H and O–H groups in total. The van der Waals surface area contributed by atoms with Crippen LogP contribution in [0, 0.1) is 0 Å². The van der Waals surface area contributed by atoms with Crippen molar-refractivity contribution in [2.24, 2.45) is 0 Å². The van der Waals surface area contributed by atoms with E-state index in [-0.39, 0.29) is 5.69 Å². The molecule has 0 aliphatic carbocycles. The second kappa shape index (κ2) is 4.97. The topological polar surface area (TPSA) is 78.1 Å². The number of thiazole rings is 1. The molecule has 0 unspecified atom stereocenters. The SMILES string of the molecule is CC(C)(C)OC(=O)c1nc(N)sc1-c1ccccn1. The summed E-state index contributed by atoms with van der Waals surface area (Å²) >= 11 is 1.23. The number of carbonyl (C=O) groups excluding carboxylic acids is 1. The number of rotatable bonds is 2. The third-order valence-corrected chi connectivity index (χ3v) is 3.04. The molecule has 0 amide bonds. The van der Waals surface area contributed by atoms with Crippen LogP contribution in [0.15, 0.2) is 24.4 Å². The van der Waals surface area contributed by atoms with Crippen LogP contribution in [-0.4, -0.2) is 21.5 Å². The Morgan fingerprint density at radius 3 is 2.68 bits per heavy atom. The van der Waals surface area contributed by atoms with Gasteiger partial charge in [0.15, 0.2) is 10.8 Å². The zero-order valence-corrected chi connectivity index (χ0v) is 11.8. The molecule has 6 heteroatoms. The van der Waals surface area contributed by atoms with E-state index in [0.717, 1.165) is 0 Å². The highest BCUT2D eigenvalue weighted by molar-refractivity contribution is 7.19. The highest BCUT2D eigenvalue weighted by atomic mass is 32.1. The minimum absolute atomic E-state index is 0.219. The first-order valence-corrected chi connectivity index (χ1v) is 6.59. The number of ether oxygens (including phenoxy) is 1. The number of anilines is 1. The molecule has 2 rings (SSSR count). The standard InChI is InChI=1S/C13H15N3O2S/c1-13(2,3)18-11(17)9-10(19-12(14)16-9)8-6-4-5-7-15-8/h4-7H,1-3H3,(H2,14,16). The van der Waals surface area contributed by atoms with Crippen molar-refractivity contribution < 1.29 is 9.53 Å². The molecule has 0 aromatic carbocycles. The van der Waals surface area contributed by atoms with E-state index in [4.69, 9.17) is 10.5 Å². The highest BCUT2D eigenvalue weighted by Gasteiger charge is 2.25. The Labute approximate surface area is 115 Å². The van der Waals surface area contributed by atoms with Crippen LogP contribution in [0.5, 0.6) is 0 Å². The summed E-state index contributed by atoms with van der Waals surface area (Å²) in [5.74, 6) is -0.485. The molecule has 0 atom stereocenters. The largest absolute Gasteiger partial charge is 0.455 e. The zero-order valence-electron chi connectivity index (χ0n) is 11.0. The van der Waals surface area contributed by atoms with Crippen LogP contribution in [0.1, 0.15) is 31.3 Å². The van der Waals surface area contributed by atoms with E-state index < -0.39 is 11.6 Å². The molecule has 2 aromatic heterocycles. The molecule has 2 heterocycles. The van der Waals surface area contributed by atoms with Gasteiger partial charge in [0.1, 0.15) is 5.60 Å². The number of aromatic nitrogens is 2. The maximum absolute atomic E-state index is 12.1. The zero-order chi connectivity index (χ0) is 14.0. The second-order valence-electron chi connectivity index (χ2n) is 4.95. The first-order chi connectivity index (χ1) is 8.87. The molecular weight excluding hydrogens is 262 g/mol. The summed E-state index contributed by atoms with van der Waals surface area (Å²) in [7, 11) is 0. The molecule has 2 aromatic rings. The minimum Gasteiger partial charge on any atom is -0.455 e. The number of hydrogen-bond donors (Lipinski definition) is 1. The summed E-state index contributed by atoms with van der Waals surface area (Å²) in [6.07, 6.45) is 1.66. The molecule has 0 radical (unpaired) electrons. The molecule has 0 spiro atoms. The summed E-state index contributed by atoms with van der Waals surface area (Å²) in [5.41, 5.74) is 6.00.